The third kappa shape index (κ3) is 46.7. The van der Waals surface area contributed by atoms with Gasteiger partial charge in [0.05, 0.1) is 0 Å². The second-order valence-electron chi connectivity index (χ2n) is 16.0. The molecule has 0 amide bonds. The van der Waals surface area contributed by atoms with Crippen LogP contribution in [0, 0.1) is 5.92 Å². The zero-order valence-electron chi connectivity index (χ0n) is 36.3. The number of carboxylic acid groups (broad SMARTS) is 1. The van der Waals surface area contributed by atoms with Crippen LogP contribution in [0.1, 0.15) is 265 Å². The minimum atomic E-state index is -0.913. The highest BCUT2D eigenvalue weighted by molar-refractivity contribution is 5.98. The zero-order chi connectivity index (χ0) is 39.1. The van der Waals surface area contributed by atoms with Crippen LogP contribution in [-0.2, 0) is 9.59 Å². The second kappa shape index (κ2) is 48.6. The standard InChI is InChI=1S/C44H82O3.C5H13N/c1-3-5-7-9-11-13-15-17-19-21-23-25-27-29-31-33-35-37-39-41-43(45)42(44(46)47)40-38-36-34-32-30-28-26-24-22-20-18-16-14-12-10-8-6-4-2;1-2-3-4-5-6/h17-20,42H,3-16,21-41H2,1-2H3,(H,46,47);2-6H2,1H3/b19-17-,20-18-;. The van der Waals surface area contributed by atoms with E-state index >= 15 is 0 Å². The van der Waals surface area contributed by atoms with Crippen molar-refractivity contribution in [2.24, 2.45) is 11.7 Å². The van der Waals surface area contributed by atoms with Crippen LogP contribution < -0.4 is 5.73 Å². The first-order valence-electron chi connectivity index (χ1n) is 23.8. The number of aliphatic carboxylic acids is 1. The summed E-state index contributed by atoms with van der Waals surface area (Å²) in [6, 6.07) is 0. The van der Waals surface area contributed by atoms with E-state index in [1.807, 2.05) is 0 Å². The van der Waals surface area contributed by atoms with Gasteiger partial charge in [-0.2, -0.15) is 0 Å². The lowest BCUT2D eigenvalue weighted by molar-refractivity contribution is -0.146. The molecule has 0 spiro atoms. The lowest BCUT2D eigenvalue weighted by Crippen LogP contribution is -2.23. The van der Waals surface area contributed by atoms with Crippen molar-refractivity contribution in [3.8, 4) is 0 Å². The quantitative estimate of drug-likeness (QED) is 0.0370. The predicted octanol–water partition coefficient (Wildman–Crippen LogP) is 16.2. The first kappa shape index (κ1) is 53.7. The van der Waals surface area contributed by atoms with E-state index in [1.165, 1.54) is 199 Å². The number of ketones is 1. The fourth-order valence-electron chi connectivity index (χ4n) is 7.02. The molecule has 0 saturated carbocycles. The molecule has 0 fully saturated rings. The van der Waals surface area contributed by atoms with E-state index in [4.69, 9.17) is 5.73 Å². The molecule has 0 saturated heterocycles. The molecule has 0 radical (unpaired) electrons. The van der Waals surface area contributed by atoms with Crippen LogP contribution in [0.2, 0.25) is 0 Å². The summed E-state index contributed by atoms with van der Waals surface area (Å²) in [6.45, 7) is 7.58. The number of carbonyl (C=O) groups excluding carboxylic acids is 1. The normalized spacial score (nSPS) is 12.1. The van der Waals surface area contributed by atoms with Gasteiger partial charge in [0.25, 0.3) is 0 Å². The number of allylic oxidation sites excluding steroid dienone is 4. The lowest BCUT2D eigenvalue weighted by atomic mass is 9.93. The summed E-state index contributed by atoms with van der Waals surface area (Å²) in [5.74, 6) is -1.74. The number of hydrogen-bond acceptors (Lipinski definition) is 3. The number of carboxylic acids is 1. The van der Waals surface area contributed by atoms with Gasteiger partial charge in [0.1, 0.15) is 11.7 Å². The molecule has 53 heavy (non-hydrogen) atoms. The minimum absolute atomic E-state index is 0.0421. The number of nitrogens with two attached hydrogens (primary N) is 1. The van der Waals surface area contributed by atoms with Gasteiger partial charge in [-0.05, 0) is 77.2 Å². The topological polar surface area (TPSA) is 80.4 Å². The van der Waals surface area contributed by atoms with Gasteiger partial charge in [-0.1, -0.05) is 212 Å². The number of rotatable bonds is 42. The lowest BCUT2D eigenvalue weighted by Gasteiger charge is -2.11. The van der Waals surface area contributed by atoms with Crippen LogP contribution in [0.5, 0.6) is 0 Å². The number of Topliss-reactive ketones (excluding diaryl/α,β-unsaturated/α-hetero) is 1. The molecule has 1 unspecified atom stereocenters. The third-order valence-electron chi connectivity index (χ3n) is 10.7. The van der Waals surface area contributed by atoms with E-state index in [9.17, 15) is 14.7 Å². The minimum Gasteiger partial charge on any atom is -0.481 e. The molecule has 0 bridgehead atoms. The number of carbonyl (C=O) groups is 2. The van der Waals surface area contributed by atoms with Gasteiger partial charge in [-0.3, -0.25) is 9.59 Å². The van der Waals surface area contributed by atoms with E-state index < -0.39 is 11.9 Å². The number of unbranched alkanes of at least 4 members (excludes halogenated alkanes) is 31. The Morgan fingerprint density at radius 3 is 1.00 bits per heavy atom. The molecule has 3 N–H and O–H groups in total. The predicted molar refractivity (Wildman–Crippen MR) is 236 cm³/mol. The average Bonchev–Trinajstić information content (AvgIpc) is 3.15. The Balaban J connectivity index is 0. The maximum Gasteiger partial charge on any atom is 0.314 e. The Hall–Kier alpha value is -1.42. The summed E-state index contributed by atoms with van der Waals surface area (Å²) in [6.07, 6.45) is 56.2. The highest BCUT2D eigenvalue weighted by atomic mass is 16.4. The van der Waals surface area contributed by atoms with E-state index in [0.29, 0.717) is 12.8 Å². The van der Waals surface area contributed by atoms with Crippen molar-refractivity contribution in [2.75, 3.05) is 6.54 Å². The van der Waals surface area contributed by atoms with Crippen LogP contribution in [0.25, 0.3) is 0 Å². The fourth-order valence-corrected chi connectivity index (χ4v) is 7.02. The van der Waals surface area contributed by atoms with Crippen LogP contribution in [0.3, 0.4) is 0 Å². The highest BCUT2D eigenvalue weighted by Crippen LogP contribution is 2.19. The molecule has 0 aromatic heterocycles. The van der Waals surface area contributed by atoms with Crippen LogP contribution in [-0.4, -0.2) is 23.4 Å². The van der Waals surface area contributed by atoms with Crippen molar-refractivity contribution in [3.63, 3.8) is 0 Å². The van der Waals surface area contributed by atoms with Crippen LogP contribution in [0.15, 0.2) is 24.3 Å². The summed E-state index contributed by atoms with van der Waals surface area (Å²) in [5.41, 5.74) is 5.21. The first-order chi connectivity index (χ1) is 26.0. The Bertz CT molecular complexity index is 772. The largest absolute Gasteiger partial charge is 0.481 e. The first-order valence-corrected chi connectivity index (χ1v) is 23.8. The monoisotopic (exact) mass is 746 g/mol. The summed E-state index contributed by atoms with van der Waals surface area (Å²) < 4.78 is 0. The van der Waals surface area contributed by atoms with E-state index in [1.54, 1.807) is 0 Å². The molecule has 0 heterocycles. The smallest absolute Gasteiger partial charge is 0.314 e. The summed E-state index contributed by atoms with van der Waals surface area (Å²) >= 11 is 0. The van der Waals surface area contributed by atoms with E-state index in [2.05, 4.69) is 45.1 Å². The Kier molecular flexibility index (Phi) is 49.2. The van der Waals surface area contributed by atoms with Gasteiger partial charge in [-0.25, -0.2) is 0 Å². The van der Waals surface area contributed by atoms with Gasteiger partial charge < -0.3 is 10.8 Å². The van der Waals surface area contributed by atoms with Crippen molar-refractivity contribution in [3.05, 3.63) is 24.3 Å². The molecular formula is C49H95NO3. The summed E-state index contributed by atoms with van der Waals surface area (Å²) in [5, 5.41) is 9.62. The molecular weight excluding hydrogens is 651 g/mol. The molecule has 0 aromatic rings. The SMILES string of the molecule is CCCCCCCC/C=C\CCCCCCCCCCCC(=O)C(CCCCCCCCCC/C=C\CCCCCCCC)C(=O)O.CCCCCN. The van der Waals surface area contributed by atoms with E-state index in [0.717, 1.165) is 38.6 Å². The van der Waals surface area contributed by atoms with Crippen molar-refractivity contribution < 1.29 is 14.7 Å². The van der Waals surface area contributed by atoms with Gasteiger partial charge in [0.2, 0.25) is 0 Å². The molecule has 0 aliphatic rings. The highest BCUT2D eigenvalue weighted by Gasteiger charge is 2.24. The third-order valence-corrected chi connectivity index (χ3v) is 10.7. The van der Waals surface area contributed by atoms with Gasteiger partial charge in [-0.15, -0.1) is 0 Å². The van der Waals surface area contributed by atoms with Crippen molar-refractivity contribution in [2.45, 2.75) is 265 Å². The average molecular weight is 746 g/mol. The Morgan fingerprint density at radius 1 is 0.415 bits per heavy atom. The second-order valence-corrected chi connectivity index (χ2v) is 16.0. The zero-order valence-corrected chi connectivity index (χ0v) is 36.3. The Labute approximate surface area is 332 Å². The molecule has 0 aromatic carbocycles. The molecule has 314 valence electrons. The molecule has 4 heteroatoms. The number of hydrogen-bond donors (Lipinski definition) is 2. The van der Waals surface area contributed by atoms with Gasteiger partial charge >= 0.3 is 5.97 Å². The molecule has 1 atom stereocenters. The van der Waals surface area contributed by atoms with Crippen LogP contribution in [0.4, 0.5) is 0 Å². The van der Waals surface area contributed by atoms with Gasteiger partial charge in [0.15, 0.2) is 0 Å². The summed E-state index contributed by atoms with van der Waals surface area (Å²) in [7, 11) is 0. The molecule has 0 rings (SSSR count). The maximum absolute atomic E-state index is 12.6. The molecule has 4 nitrogen and oxygen atoms in total. The maximum atomic E-state index is 12.6. The van der Waals surface area contributed by atoms with Crippen LogP contribution >= 0.6 is 0 Å². The van der Waals surface area contributed by atoms with Crippen molar-refractivity contribution >= 4 is 11.8 Å². The Morgan fingerprint density at radius 2 is 0.698 bits per heavy atom. The summed E-state index contributed by atoms with van der Waals surface area (Å²) in [4.78, 5) is 24.3. The molecule has 0 aliphatic carbocycles. The van der Waals surface area contributed by atoms with Crippen molar-refractivity contribution in [1.29, 1.82) is 0 Å². The van der Waals surface area contributed by atoms with Crippen molar-refractivity contribution in [1.82, 2.24) is 0 Å². The fraction of sp³-hybridized carbons (Fsp3) is 0.878. The van der Waals surface area contributed by atoms with Gasteiger partial charge in [0, 0.05) is 6.42 Å². The molecule has 0 aliphatic heterocycles. The van der Waals surface area contributed by atoms with E-state index in [-0.39, 0.29) is 5.78 Å².